The number of hydrogen-bond acceptors (Lipinski definition) is 2. The van der Waals surface area contributed by atoms with Gasteiger partial charge >= 0.3 is 12.2 Å². The highest BCUT2D eigenvalue weighted by atomic mass is 19.4. The fourth-order valence-electron chi connectivity index (χ4n) is 2.77. The number of aliphatic hydroxyl groups is 1. The Balaban J connectivity index is 1.92. The average molecular weight is 330 g/mol. The van der Waals surface area contributed by atoms with Crippen molar-refractivity contribution >= 4 is 11.7 Å². The fraction of sp³-hybridized carbons (Fsp3) is 0.562. The molecule has 0 saturated carbocycles. The number of benzene rings is 1. The number of aryl methyl sites for hydroxylation is 1. The van der Waals surface area contributed by atoms with E-state index in [1.54, 1.807) is 6.07 Å². The van der Waals surface area contributed by atoms with Crippen LogP contribution in [0.5, 0.6) is 0 Å². The summed E-state index contributed by atoms with van der Waals surface area (Å²) in [6.45, 7) is 4.24. The lowest BCUT2D eigenvalue weighted by atomic mass is 9.91. The van der Waals surface area contributed by atoms with Gasteiger partial charge in [-0.05, 0) is 49.8 Å². The Labute approximate surface area is 133 Å². The molecule has 1 atom stereocenters. The van der Waals surface area contributed by atoms with Crippen molar-refractivity contribution in [1.29, 1.82) is 0 Å². The van der Waals surface area contributed by atoms with Crippen LogP contribution < -0.4 is 5.32 Å². The van der Waals surface area contributed by atoms with Gasteiger partial charge < -0.3 is 15.3 Å². The minimum Gasteiger partial charge on any atom is -0.383 e. The van der Waals surface area contributed by atoms with E-state index in [1.165, 1.54) is 4.90 Å². The molecule has 7 heteroatoms. The maximum atomic E-state index is 12.5. The number of carbonyl (C=O) groups excluding carboxylic acids is 1. The van der Waals surface area contributed by atoms with E-state index >= 15 is 0 Å². The second-order valence-corrected chi connectivity index (χ2v) is 5.99. The molecule has 2 rings (SSSR count). The molecule has 0 aromatic heterocycles. The van der Waals surface area contributed by atoms with Crippen LogP contribution in [0, 0.1) is 19.8 Å². The molecule has 0 spiro atoms. The number of amides is 2. The molecule has 1 unspecified atom stereocenters. The number of piperidine rings is 1. The van der Waals surface area contributed by atoms with Gasteiger partial charge in [0, 0.05) is 18.8 Å². The Morgan fingerprint density at radius 3 is 2.48 bits per heavy atom. The zero-order valence-electron chi connectivity index (χ0n) is 13.2. The number of alkyl halides is 3. The first-order valence-corrected chi connectivity index (χ1v) is 7.57. The lowest BCUT2D eigenvalue weighted by Gasteiger charge is -2.34. The van der Waals surface area contributed by atoms with Gasteiger partial charge in [0.1, 0.15) is 0 Å². The van der Waals surface area contributed by atoms with Crippen LogP contribution in [-0.2, 0) is 0 Å². The molecular formula is C16H21F3N2O2. The summed E-state index contributed by atoms with van der Waals surface area (Å²) < 4.78 is 37.5. The second kappa shape index (κ2) is 6.78. The van der Waals surface area contributed by atoms with E-state index in [0.29, 0.717) is 5.69 Å². The van der Waals surface area contributed by atoms with Crippen molar-refractivity contribution in [3.63, 3.8) is 0 Å². The molecule has 1 aliphatic rings. The summed E-state index contributed by atoms with van der Waals surface area (Å²) in [6, 6.07) is 5.25. The summed E-state index contributed by atoms with van der Waals surface area (Å²) in [6.07, 6.45) is -6.64. The highest BCUT2D eigenvalue weighted by Gasteiger charge is 2.44. The van der Waals surface area contributed by atoms with Gasteiger partial charge in [-0.15, -0.1) is 0 Å². The number of aliphatic hydroxyl groups excluding tert-OH is 1. The Kier molecular flexibility index (Phi) is 5.19. The standard InChI is InChI=1S/C16H21F3N2O2/c1-10-4-3-5-13(11(10)2)20-15(23)21-8-6-12(7-9-21)14(22)16(17,18)19/h3-5,12,14,22H,6-9H2,1-2H3,(H,20,23). The van der Waals surface area contributed by atoms with Gasteiger partial charge in [0.05, 0.1) is 0 Å². The van der Waals surface area contributed by atoms with Gasteiger partial charge in [-0.3, -0.25) is 0 Å². The van der Waals surface area contributed by atoms with Crippen molar-refractivity contribution in [2.45, 2.75) is 39.0 Å². The monoisotopic (exact) mass is 330 g/mol. The lowest BCUT2D eigenvalue weighted by molar-refractivity contribution is -0.222. The molecule has 128 valence electrons. The first kappa shape index (κ1) is 17.6. The van der Waals surface area contributed by atoms with Crippen molar-refractivity contribution in [1.82, 2.24) is 4.90 Å². The van der Waals surface area contributed by atoms with Crippen LogP contribution in [0.3, 0.4) is 0 Å². The zero-order chi connectivity index (χ0) is 17.2. The summed E-state index contributed by atoms with van der Waals surface area (Å²) in [5, 5.41) is 12.1. The van der Waals surface area contributed by atoms with Crippen LogP contribution in [0.15, 0.2) is 18.2 Å². The smallest absolute Gasteiger partial charge is 0.383 e. The van der Waals surface area contributed by atoms with Crippen molar-refractivity contribution in [2.24, 2.45) is 5.92 Å². The molecule has 0 radical (unpaired) electrons. The maximum absolute atomic E-state index is 12.5. The van der Waals surface area contributed by atoms with Gasteiger partial charge in [-0.1, -0.05) is 12.1 Å². The normalized spacial score (nSPS) is 17.9. The summed E-state index contributed by atoms with van der Waals surface area (Å²) in [5.74, 6) is -0.847. The van der Waals surface area contributed by atoms with Gasteiger partial charge in [-0.2, -0.15) is 13.2 Å². The Hall–Kier alpha value is -1.76. The lowest BCUT2D eigenvalue weighted by Crippen LogP contribution is -2.46. The highest BCUT2D eigenvalue weighted by molar-refractivity contribution is 5.90. The molecule has 23 heavy (non-hydrogen) atoms. The molecular weight excluding hydrogens is 309 g/mol. The zero-order valence-corrected chi connectivity index (χ0v) is 13.2. The van der Waals surface area contributed by atoms with E-state index in [1.807, 2.05) is 26.0 Å². The number of carbonyl (C=O) groups is 1. The topological polar surface area (TPSA) is 52.6 Å². The number of halogens is 3. The van der Waals surface area contributed by atoms with E-state index in [-0.39, 0.29) is 32.0 Å². The Morgan fingerprint density at radius 2 is 1.91 bits per heavy atom. The first-order valence-electron chi connectivity index (χ1n) is 7.57. The number of urea groups is 1. The number of nitrogens with one attached hydrogen (secondary N) is 1. The Bertz CT molecular complexity index is 567. The molecule has 0 bridgehead atoms. The van der Waals surface area contributed by atoms with Crippen molar-refractivity contribution in [3.05, 3.63) is 29.3 Å². The van der Waals surface area contributed by atoms with Gasteiger partial charge in [0.25, 0.3) is 0 Å². The Morgan fingerprint density at radius 1 is 1.30 bits per heavy atom. The van der Waals surface area contributed by atoms with Gasteiger partial charge in [-0.25, -0.2) is 4.79 Å². The SMILES string of the molecule is Cc1cccc(NC(=O)N2CCC(C(O)C(F)(F)F)CC2)c1C. The average Bonchev–Trinajstić information content (AvgIpc) is 2.50. The van der Waals surface area contributed by atoms with E-state index < -0.39 is 18.2 Å². The van der Waals surface area contributed by atoms with Crippen LogP contribution >= 0.6 is 0 Å². The summed E-state index contributed by atoms with van der Waals surface area (Å²) in [5.41, 5.74) is 2.71. The molecule has 1 fully saturated rings. The summed E-state index contributed by atoms with van der Waals surface area (Å²) in [7, 11) is 0. The molecule has 1 saturated heterocycles. The highest BCUT2D eigenvalue weighted by Crippen LogP contribution is 2.31. The van der Waals surface area contributed by atoms with E-state index in [0.717, 1.165) is 11.1 Å². The third-order valence-corrected chi connectivity index (χ3v) is 4.45. The molecule has 1 aliphatic heterocycles. The van der Waals surface area contributed by atoms with E-state index in [2.05, 4.69) is 5.32 Å². The maximum Gasteiger partial charge on any atom is 0.414 e. The summed E-state index contributed by atoms with van der Waals surface area (Å²) in [4.78, 5) is 13.7. The van der Waals surface area contributed by atoms with Gasteiger partial charge in [0.15, 0.2) is 6.10 Å². The number of anilines is 1. The number of rotatable bonds is 2. The predicted molar refractivity (Wildman–Crippen MR) is 81.3 cm³/mol. The van der Waals surface area contributed by atoms with E-state index in [4.69, 9.17) is 0 Å². The largest absolute Gasteiger partial charge is 0.414 e. The molecule has 0 aliphatic carbocycles. The molecule has 2 amide bonds. The van der Waals surface area contributed by atoms with Crippen molar-refractivity contribution in [2.75, 3.05) is 18.4 Å². The molecule has 2 N–H and O–H groups in total. The first-order chi connectivity index (χ1) is 10.7. The molecule has 1 aromatic carbocycles. The quantitative estimate of drug-likeness (QED) is 0.872. The molecule has 4 nitrogen and oxygen atoms in total. The van der Waals surface area contributed by atoms with Crippen LogP contribution in [0.4, 0.5) is 23.7 Å². The van der Waals surface area contributed by atoms with Crippen LogP contribution in [0.2, 0.25) is 0 Å². The third kappa shape index (κ3) is 4.16. The number of nitrogens with zero attached hydrogens (tertiary/aromatic N) is 1. The van der Waals surface area contributed by atoms with Crippen LogP contribution in [-0.4, -0.2) is 41.4 Å². The third-order valence-electron chi connectivity index (χ3n) is 4.45. The predicted octanol–water partition coefficient (Wildman–Crippen LogP) is 3.47. The van der Waals surface area contributed by atoms with Crippen molar-refractivity contribution in [3.8, 4) is 0 Å². The minimum absolute atomic E-state index is 0.140. The summed E-state index contributed by atoms with van der Waals surface area (Å²) >= 11 is 0. The molecule has 1 aromatic rings. The fourth-order valence-corrected chi connectivity index (χ4v) is 2.77. The second-order valence-electron chi connectivity index (χ2n) is 5.99. The number of likely N-dealkylation sites (tertiary alicyclic amines) is 1. The van der Waals surface area contributed by atoms with Gasteiger partial charge in [0.2, 0.25) is 0 Å². The minimum atomic E-state index is -4.60. The number of hydrogen-bond donors (Lipinski definition) is 2. The van der Waals surface area contributed by atoms with Crippen LogP contribution in [0.1, 0.15) is 24.0 Å². The van der Waals surface area contributed by atoms with Crippen molar-refractivity contribution < 1.29 is 23.1 Å². The van der Waals surface area contributed by atoms with E-state index in [9.17, 15) is 23.1 Å². The van der Waals surface area contributed by atoms with Crippen LogP contribution in [0.25, 0.3) is 0 Å². The molecule has 1 heterocycles.